The Balaban J connectivity index is 3.17. The van der Waals surface area contributed by atoms with Crippen molar-refractivity contribution >= 4 is 5.91 Å². The van der Waals surface area contributed by atoms with Crippen LogP contribution < -0.4 is 5.32 Å². The van der Waals surface area contributed by atoms with Gasteiger partial charge in [0.05, 0.1) is 0 Å². The zero-order chi connectivity index (χ0) is 14.6. The van der Waals surface area contributed by atoms with E-state index < -0.39 is 0 Å². The van der Waals surface area contributed by atoms with Crippen LogP contribution in [0.1, 0.15) is 48.1 Å². The molecule has 0 radical (unpaired) electrons. The van der Waals surface area contributed by atoms with E-state index in [0.29, 0.717) is 19.0 Å². The van der Waals surface area contributed by atoms with Gasteiger partial charge >= 0.3 is 0 Å². The quantitative estimate of drug-likeness (QED) is 0.785. The standard InChI is InChI=1S/C16H26N2O/c1-7-9-18-13(6)14(8-2)12(5)15(18)16(19)17-10-11(3)4/h7,11H,1,8-10H2,2-6H3,(H,17,19). The summed E-state index contributed by atoms with van der Waals surface area (Å²) in [6, 6.07) is 0. The molecule has 19 heavy (non-hydrogen) atoms. The van der Waals surface area contributed by atoms with Gasteiger partial charge < -0.3 is 9.88 Å². The maximum atomic E-state index is 12.4. The average Bonchev–Trinajstić information content (AvgIpc) is 2.58. The predicted octanol–water partition coefficient (Wildman–Crippen LogP) is 3.24. The van der Waals surface area contributed by atoms with Crippen LogP contribution in [-0.4, -0.2) is 17.0 Å². The van der Waals surface area contributed by atoms with Crippen LogP contribution in [0, 0.1) is 19.8 Å². The first-order valence-electron chi connectivity index (χ1n) is 7.01. The molecule has 106 valence electrons. The first-order valence-corrected chi connectivity index (χ1v) is 7.01. The molecule has 0 aliphatic rings. The van der Waals surface area contributed by atoms with Crippen LogP contribution in [0.2, 0.25) is 0 Å². The van der Waals surface area contributed by atoms with Gasteiger partial charge in [0.1, 0.15) is 5.69 Å². The minimum atomic E-state index is 0.0239. The van der Waals surface area contributed by atoms with Crippen molar-refractivity contribution in [3.8, 4) is 0 Å². The molecule has 0 bridgehead atoms. The van der Waals surface area contributed by atoms with Gasteiger partial charge in [0.25, 0.3) is 5.91 Å². The van der Waals surface area contributed by atoms with Crippen molar-refractivity contribution < 1.29 is 4.79 Å². The second kappa shape index (κ2) is 6.60. The summed E-state index contributed by atoms with van der Waals surface area (Å²) in [6.45, 7) is 15.6. The molecule has 1 aromatic heterocycles. The summed E-state index contributed by atoms with van der Waals surface area (Å²) in [5.41, 5.74) is 4.34. The first-order chi connectivity index (χ1) is 8.93. The number of hydrogen-bond donors (Lipinski definition) is 1. The van der Waals surface area contributed by atoms with Crippen molar-refractivity contribution in [3.63, 3.8) is 0 Å². The summed E-state index contributed by atoms with van der Waals surface area (Å²) in [5.74, 6) is 0.481. The van der Waals surface area contributed by atoms with Crippen LogP contribution >= 0.6 is 0 Å². The highest BCUT2D eigenvalue weighted by Gasteiger charge is 2.20. The summed E-state index contributed by atoms with van der Waals surface area (Å²) >= 11 is 0. The molecular formula is C16H26N2O. The van der Waals surface area contributed by atoms with Gasteiger partial charge in [-0.25, -0.2) is 0 Å². The third-order valence-corrected chi connectivity index (χ3v) is 3.47. The van der Waals surface area contributed by atoms with Crippen LogP contribution in [0.25, 0.3) is 0 Å². The van der Waals surface area contributed by atoms with Gasteiger partial charge in [-0.1, -0.05) is 26.8 Å². The van der Waals surface area contributed by atoms with Crippen LogP contribution in [0.3, 0.4) is 0 Å². The highest BCUT2D eigenvalue weighted by atomic mass is 16.1. The zero-order valence-corrected chi connectivity index (χ0v) is 12.8. The third-order valence-electron chi connectivity index (χ3n) is 3.47. The Kier molecular flexibility index (Phi) is 5.40. The van der Waals surface area contributed by atoms with Crippen LogP contribution in [0.4, 0.5) is 0 Å². The van der Waals surface area contributed by atoms with Gasteiger partial charge in [-0.2, -0.15) is 0 Å². The van der Waals surface area contributed by atoms with Crippen molar-refractivity contribution in [3.05, 3.63) is 35.2 Å². The molecule has 1 aromatic rings. The number of carbonyl (C=O) groups excluding carboxylic acids is 1. The van der Waals surface area contributed by atoms with E-state index in [1.807, 2.05) is 13.0 Å². The second-order valence-electron chi connectivity index (χ2n) is 5.39. The van der Waals surface area contributed by atoms with Crippen molar-refractivity contribution in [2.24, 2.45) is 5.92 Å². The molecule has 3 heteroatoms. The van der Waals surface area contributed by atoms with E-state index in [0.717, 1.165) is 17.7 Å². The van der Waals surface area contributed by atoms with Crippen LogP contribution in [-0.2, 0) is 13.0 Å². The summed E-state index contributed by atoms with van der Waals surface area (Å²) in [4.78, 5) is 12.4. The van der Waals surface area contributed by atoms with Crippen molar-refractivity contribution in [2.75, 3.05) is 6.54 Å². The lowest BCUT2D eigenvalue weighted by atomic mass is 10.1. The topological polar surface area (TPSA) is 34.0 Å². The Morgan fingerprint density at radius 2 is 2.05 bits per heavy atom. The summed E-state index contributed by atoms with van der Waals surface area (Å²) in [7, 11) is 0. The molecule has 0 fully saturated rings. The van der Waals surface area contributed by atoms with Crippen molar-refractivity contribution in [1.29, 1.82) is 0 Å². The summed E-state index contributed by atoms with van der Waals surface area (Å²) in [6.07, 6.45) is 2.79. The predicted molar refractivity (Wildman–Crippen MR) is 80.7 cm³/mol. The molecule has 0 aliphatic carbocycles. The summed E-state index contributed by atoms with van der Waals surface area (Å²) < 4.78 is 2.07. The smallest absolute Gasteiger partial charge is 0.268 e. The Morgan fingerprint density at radius 3 is 2.53 bits per heavy atom. The van der Waals surface area contributed by atoms with Gasteiger partial charge in [-0.3, -0.25) is 4.79 Å². The number of nitrogens with zero attached hydrogens (tertiary/aromatic N) is 1. The second-order valence-corrected chi connectivity index (χ2v) is 5.39. The Morgan fingerprint density at radius 1 is 1.42 bits per heavy atom. The molecule has 3 nitrogen and oxygen atoms in total. The SMILES string of the molecule is C=CCn1c(C)c(CC)c(C)c1C(=O)NCC(C)C. The van der Waals surface area contributed by atoms with E-state index in [1.54, 1.807) is 0 Å². The number of nitrogens with one attached hydrogen (secondary N) is 1. The van der Waals surface area contributed by atoms with Gasteiger partial charge in [-0.15, -0.1) is 6.58 Å². The maximum Gasteiger partial charge on any atom is 0.268 e. The fourth-order valence-electron chi connectivity index (χ4n) is 2.50. The minimum Gasteiger partial charge on any atom is -0.350 e. The highest BCUT2D eigenvalue weighted by molar-refractivity contribution is 5.95. The van der Waals surface area contributed by atoms with Gasteiger partial charge in [0.15, 0.2) is 0 Å². The number of amides is 1. The van der Waals surface area contributed by atoms with E-state index in [4.69, 9.17) is 0 Å². The molecule has 0 spiro atoms. The molecule has 1 amide bonds. The van der Waals surface area contributed by atoms with E-state index >= 15 is 0 Å². The number of aromatic nitrogens is 1. The monoisotopic (exact) mass is 262 g/mol. The highest BCUT2D eigenvalue weighted by Crippen LogP contribution is 2.23. The lowest BCUT2D eigenvalue weighted by Gasteiger charge is -2.12. The fraction of sp³-hybridized carbons (Fsp3) is 0.562. The van der Waals surface area contributed by atoms with E-state index in [2.05, 4.69) is 44.2 Å². The average molecular weight is 262 g/mol. The molecular weight excluding hydrogens is 236 g/mol. The van der Waals surface area contributed by atoms with Crippen LogP contribution in [0.5, 0.6) is 0 Å². The third kappa shape index (κ3) is 3.28. The molecule has 1 heterocycles. The number of allylic oxidation sites excluding steroid dienone is 1. The minimum absolute atomic E-state index is 0.0239. The number of carbonyl (C=O) groups is 1. The van der Waals surface area contributed by atoms with Crippen molar-refractivity contribution in [2.45, 2.75) is 47.6 Å². The lowest BCUT2D eigenvalue weighted by Crippen LogP contribution is -2.30. The van der Waals surface area contributed by atoms with Gasteiger partial charge in [0, 0.05) is 18.8 Å². The summed E-state index contributed by atoms with van der Waals surface area (Å²) in [5, 5.41) is 3.01. The molecule has 0 saturated heterocycles. The van der Waals surface area contributed by atoms with Gasteiger partial charge in [-0.05, 0) is 37.3 Å². The van der Waals surface area contributed by atoms with E-state index in [1.165, 1.54) is 11.3 Å². The number of rotatable bonds is 6. The number of hydrogen-bond acceptors (Lipinski definition) is 1. The molecule has 0 atom stereocenters. The van der Waals surface area contributed by atoms with E-state index in [-0.39, 0.29) is 5.91 Å². The largest absolute Gasteiger partial charge is 0.350 e. The zero-order valence-electron chi connectivity index (χ0n) is 12.8. The maximum absolute atomic E-state index is 12.4. The normalized spacial score (nSPS) is 10.8. The van der Waals surface area contributed by atoms with E-state index in [9.17, 15) is 4.79 Å². The molecule has 0 saturated carbocycles. The van der Waals surface area contributed by atoms with Crippen molar-refractivity contribution in [1.82, 2.24) is 9.88 Å². The Labute approximate surface area is 116 Å². The molecule has 0 aromatic carbocycles. The Hall–Kier alpha value is -1.51. The molecule has 1 rings (SSSR count). The molecule has 0 unspecified atom stereocenters. The Bertz CT molecular complexity index is 470. The molecule has 1 N–H and O–H groups in total. The van der Waals surface area contributed by atoms with Crippen LogP contribution in [0.15, 0.2) is 12.7 Å². The lowest BCUT2D eigenvalue weighted by molar-refractivity contribution is 0.0939. The molecule has 0 aliphatic heterocycles. The van der Waals surface area contributed by atoms with Gasteiger partial charge in [0.2, 0.25) is 0 Å². The fourth-order valence-corrected chi connectivity index (χ4v) is 2.50. The first kappa shape index (κ1) is 15.5.